The van der Waals surface area contributed by atoms with Crippen molar-refractivity contribution in [2.45, 2.75) is 58.3 Å². The lowest BCUT2D eigenvalue weighted by molar-refractivity contribution is 0.288. The van der Waals surface area contributed by atoms with Crippen LogP contribution in [-0.4, -0.2) is 29.5 Å². The van der Waals surface area contributed by atoms with Crippen LogP contribution in [-0.2, 0) is 11.8 Å². The first-order valence-electron chi connectivity index (χ1n) is 7.63. The zero-order valence-corrected chi connectivity index (χ0v) is 13.7. The first-order chi connectivity index (χ1) is 9.50. The summed E-state index contributed by atoms with van der Waals surface area (Å²) in [5, 5.41) is 10.4. The van der Waals surface area contributed by atoms with Gasteiger partial charge in [-0.15, -0.1) is 11.3 Å². The van der Waals surface area contributed by atoms with Gasteiger partial charge in [0, 0.05) is 18.4 Å². The summed E-state index contributed by atoms with van der Waals surface area (Å²) in [6.45, 7) is 9.91. The van der Waals surface area contributed by atoms with E-state index >= 15 is 0 Å². The summed E-state index contributed by atoms with van der Waals surface area (Å²) in [6, 6.07) is 2.31. The van der Waals surface area contributed by atoms with Crippen molar-refractivity contribution in [2.75, 3.05) is 19.6 Å². The molecule has 20 heavy (non-hydrogen) atoms. The van der Waals surface area contributed by atoms with E-state index in [0.717, 1.165) is 28.5 Å². The van der Waals surface area contributed by atoms with Gasteiger partial charge in [-0.25, -0.2) is 4.98 Å². The minimum atomic E-state index is -0.0393. The third-order valence-corrected chi connectivity index (χ3v) is 4.84. The van der Waals surface area contributed by atoms with Crippen molar-refractivity contribution in [3.8, 4) is 6.07 Å². The fourth-order valence-electron chi connectivity index (χ4n) is 2.67. The van der Waals surface area contributed by atoms with Crippen LogP contribution in [0.4, 0.5) is 0 Å². The van der Waals surface area contributed by atoms with Crippen LogP contribution in [0.5, 0.6) is 0 Å². The predicted molar refractivity (Wildman–Crippen MR) is 84.1 cm³/mol. The lowest BCUT2D eigenvalue weighted by Crippen LogP contribution is -2.27. The second kappa shape index (κ2) is 6.69. The first-order valence-corrected chi connectivity index (χ1v) is 8.45. The molecule has 1 saturated heterocycles. The maximum Gasteiger partial charge on any atom is 0.128 e. The van der Waals surface area contributed by atoms with Gasteiger partial charge in [-0.1, -0.05) is 33.6 Å². The SMILES string of the molecule is CC(C)(C)c1nc(CCN2CCCCCC2)sc1C#N. The van der Waals surface area contributed by atoms with Crippen LogP contribution in [0.15, 0.2) is 0 Å². The van der Waals surface area contributed by atoms with E-state index in [0.29, 0.717) is 0 Å². The highest BCUT2D eigenvalue weighted by atomic mass is 32.1. The molecule has 4 heteroatoms. The van der Waals surface area contributed by atoms with Crippen LogP contribution in [0.25, 0.3) is 0 Å². The highest BCUT2D eigenvalue weighted by Gasteiger charge is 2.23. The molecule has 1 fully saturated rings. The summed E-state index contributed by atoms with van der Waals surface area (Å²) >= 11 is 1.58. The molecule has 110 valence electrons. The van der Waals surface area contributed by atoms with Gasteiger partial charge in [-0.05, 0) is 25.9 Å². The average Bonchev–Trinajstić information content (AvgIpc) is 2.65. The minimum Gasteiger partial charge on any atom is -0.303 e. The topological polar surface area (TPSA) is 39.9 Å². The van der Waals surface area contributed by atoms with E-state index in [9.17, 15) is 5.26 Å². The molecule has 1 aromatic heterocycles. The van der Waals surface area contributed by atoms with E-state index in [2.05, 4.69) is 31.7 Å². The van der Waals surface area contributed by atoms with Gasteiger partial charge in [0.05, 0.1) is 10.7 Å². The zero-order chi connectivity index (χ0) is 14.6. The Morgan fingerprint density at radius 2 is 1.85 bits per heavy atom. The normalized spacial score (nSPS) is 17.7. The number of aromatic nitrogens is 1. The van der Waals surface area contributed by atoms with Crippen molar-refractivity contribution in [1.82, 2.24) is 9.88 Å². The van der Waals surface area contributed by atoms with Gasteiger partial charge >= 0.3 is 0 Å². The molecule has 2 rings (SSSR count). The second-order valence-corrected chi connectivity index (χ2v) is 7.74. The Bertz CT molecular complexity index is 471. The molecule has 0 bridgehead atoms. The van der Waals surface area contributed by atoms with Gasteiger partial charge in [0.1, 0.15) is 10.9 Å². The molecule has 0 spiro atoms. The number of thiazole rings is 1. The number of rotatable bonds is 3. The molecule has 0 saturated carbocycles. The van der Waals surface area contributed by atoms with Crippen molar-refractivity contribution in [3.63, 3.8) is 0 Å². The molecule has 0 aromatic carbocycles. The van der Waals surface area contributed by atoms with Crippen LogP contribution in [0.2, 0.25) is 0 Å². The average molecular weight is 291 g/mol. The number of hydrogen-bond donors (Lipinski definition) is 0. The van der Waals surface area contributed by atoms with Gasteiger partial charge < -0.3 is 4.90 Å². The van der Waals surface area contributed by atoms with E-state index < -0.39 is 0 Å². The third-order valence-electron chi connectivity index (χ3n) is 3.82. The quantitative estimate of drug-likeness (QED) is 0.852. The summed E-state index contributed by atoms with van der Waals surface area (Å²) in [7, 11) is 0. The molecule has 0 atom stereocenters. The largest absolute Gasteiger partial charge is 0.303 e. The van der Waals surface area contributed by atoms with Gasteiger partial charge in [0.15, 0.2) is 0 Å². The van der Waals surface area contributed by atoms with E-state index in [-0.39, 0.29) is 5.41 Å². The molecule has 0 aliphatic carbocycles. The van der Waals surface area contributed by atoms with Crippen LogP contribution in [0.1, 0.15) is 62.0 Å². The molecular formula is C16H25N3S. The Morgan fingerprint density at radius 3 is 2.35 bits per heavy atom. The van der Waals surface area contributed by atoms with Crippen LogP contribution in [0.3, 0.4) is 0 Å². The molecule has 0 radical (unpaired) electrons. The Hall–Kier alpha value is -0.920. The summed E-state index contributed by atoms with van der Waals surface area (Å²) in [4.78, 5) is 8.08. The first kappa shape index (κ1) is 15.5. The Labute approximate surface area is 126 Å². The molecule has 0 unspecified atom stereocenters. The second-order valence-electron chi connectivity index (χ2n) is 6.65. The van der Waals surface area contributed by atoms with Crippen molar-refractivity contribution < 1.29 is 0 Å². The van der Waals surface area contributed by atoms with Crippen LogP contribution in [0, 0.1) is 11.3 Å². The molecule has 1 aliphatic heterocycles. The fourth-order valence-corrected chi connectivity index (χ4v) is 3.73. The van der Waals surface area contributed by atoms with Gasteiger partial charge in [0.25, 0.3) is 0 Å². The smallest absolute Gasteiger partial charge is 0.128 e. The molecule has 1 aliphatic rings. The van der Waals surface area contributed by atoms with E-state index in [1.165, 1.54) is 38.8 Å². The van der Waals surface area contributed by atoms with Gasteiger partial charge in [-0.2, -0.15) is 5.26 Å². The van der Waals surface area contributed by atoms with Crippen LogP contribution >= 0.6 is 11.3 Å². The van der Waals surface area contributed by atoms with Crippen molar-refractivity contribution in [1.29, 1.82) is 5.26 Å². The van der Waals surface area contributed by atoms with Crippen molar-refractivity contribution in [2.24, 2.45) is 0 Å². The number of likely N-dealkylation sites (tertiary alicyclic amines) is 1. The Balaban J connectivity index is 1.99. The molecular weight excluding hydrogens is 266 g/mol. The highest BCUT2D eigenvalue weighted by molar-refractivity contribution is 7.12. The van der Waals surface area contributed by atoms with Crippen molar-refractivity contribution in [3.05, 3.63) is 15.6 Å². The lowest BCUT2D eigenvalue weighted by Gasteiger charge is -2.18. The molecule has 3 nitrogen and oxygen atoms in total. The maximum absolute atomic E-state index is 9.26. The van der Waals surface area contributed by atoms with Crippen molar-refractivity contribution >= 4 is 11.3 Å². The zero-order valence-electron chi connectivity index (χ0n) is 12.9. The third kappa shape index (κ3) is 4.04. The number of hydrogen-bond acceptors (Lipinski definition) is 4. The molecule has 0 N–H and O–H groups in total. The molecule has 0 amide bonds. The van der Waals surface area contributed by atoms with Crippen LogP contribution < -0.4 is 0 Å². The summed E-state index contributed by atoms with van der Waals surface area (Å²) in [5.74, 6) is 0. The number of nitrogens with zero attached hydrogens (tertiary/aromatic N) is 3. The van der Waals surface area contributed by atoms with Gasteiger partial charge in [-0.3, -0.25) is 0 Å². The number of nitriles is 1. The summed E-state index contributed by atoms with van der Waals surface area (Å²) in [5.41, 5.74) is 0.929. The predicted octanol–water partition coefficient (Wildman–Crippen LogP) is 3.73. The Kier molecular flexibility index (Phi) is 5.17. The van der Waals surface area contributed by atoms with E-state index in [4.69, 9.17) is 4.98 Å². The summed E-state index contributed by atoms with van der Waals surface area (Å²) < 4.78 is 0. The van der Waals surface area contributed by atoms with E-state index in [1.54, 1.807) is 11.3 Å². The Morgan fingerprint density at radius 1 is 1.20 bits per heavy atom. The fraction of sp³-hybridized carbons (Fsp3) is 0.750. The highest BCUT2D eigenvalue weighted by Crippen LogP contribution is 2.29. The standard InChI is InChI=1S/C16H25N3S/c1-16(2,3)15-13(12-17)20-14(18-15)8-11-19-9-6-4-5-7-10-19/h4-11H2,1-3H3. The summed E-state index contributed by atoms with van der Waals surface area (Å²) in [6.07, 6.45) is 6.39. The lowest BCUT2D eigenvalue weighted by atomic mass is 9.91. The molecule has 2 heterocycles. The minimum absolute atomic E-state index is 0.0393. The van der Waals surface area contributed by atoms with E-state index in [1.807, 2.05) is 0 Å². The van der Waals surface area contributed by atoms with Gasteiger partial charge in [0.2, 0.25) is 0 Å². The maximum atomic E-state index is 9.26. The molecule has 1 aromatic rings. The monoisotopic (exact) mass is 291 g/mol.